The van der Waals surface area contributed by atoms with Crippen LogP contribution in [0.4, 0.5) is 4.39 Å². The monoisotopic (exact) mass is 367 g/mol. The Morgan fingerprint density at radius 1 is 1.32 bits per heavy atom. The Morgan fingerprint density at radius 2 is 2.08 bits per heavy atom. The summed E-state index contributed by atoms with van der Waals surface area (Å²) in [6.45, 7) is 8.06. The van der Waals surface area contributed by atoms with E-state index in [0.717, 1.165) is 69.2 Å². The number of rotatable bonds is 7. The SMILES string of the molecule is CCNC(=NCC1(SC)CCOCC1)NCCc1ccc(F)cc1C. The number of nitrogens with zero attached hydrogens (tertiary/aromatic N) is 1. The molecule has 25 heavy (non-hydrogen) atoms. The van der Waals surface area contributed by atoms with Gasteiger partial charge in [0.1, 0.15) is 5.82 Å². The summed E-state index contributed by atoms with van der Waals surface area (Å²) in [4.78, 5) is 4.81. The molecule has 0 radical (unpaired) electrons. The molecule has 0 spiro atoms. The number of benzene rings is 1. The van der Waals surface area contributed by atoms with Crippen LogP contribution in [-0.2, 0) is 11.2 Å². The molecule has 0 amide bonds. The number of halogens is 1. The van der Waals surface area contributed by atoms with E-state index in [4.69, 9.17) is 9.73 Å². The van der Waals surface area contributed by atoms with E-state index in [1.165, 1.54) is 6.07 Å². The summed E-state index contributed by atoms with van der Waals surface area (Å²) in [7, 11) is 0. The first-order valence-corrected chi connectivity index (χ1v) is 10.2. The van der Waals surface area contributed by atoms with Gasteiger partial charge in [-0.3, -0.25) is 4.99 Å². The lowest BCUT2D eigenvalue weighted by Gasteiger charge is -2.34. The number of hydrogen-bond donors (Lipinski definition) is 2. The maximum Gasteiger partial charge on any atom is 0.191 e. The van der Waals surface area contributed by atoms with Crippen molar-refractivity contribution in [2.75, 3.05) is 39.1 Å². The maximum atomic E-state index is 13.2. The Hall–Kier alpha value is -1.27. The van der Waals surface area contributed by atoms with Crippen molar-refractivity contribution < 1.29 is 9.13 Å². The highest BCUT2D eigenvalue weighted by molar-refractivity contribution is 8.00. The molecule has 0 saturated carbocycles. The van der Waals surface area contributed by atoms with Crippen molar-refractivity contribution in [2.45, 2.75) is 37.9 Å². The van der Waals surface area contributed by atoms with Crippen LogP contribution in [0.1, 0.15) is 30.9 Å². The minimum atomic E-state index is -0.178. The van der Waals surface area contributed by atoms with Gasteiger partial charge in [0, 0.05) is 31.1 Å². The van der Waals surface area contributed by atoms with Gasteiger partial charge in [-0.1, -0.05) is 6.07 Å². The second-order valence-electron chi connectivity index (χ2n) is 6.44. The number of aryl methyl sites for hydroxylation is 1. The van der Waals surface area contributed by atoms with Crippen molar-refractivity contribution in [2.24, 2.45) is 4.99 Å². The average molecular weight is 368 g/mol. The highest BCUT2D eigenvalue weighted by Gasteiger charge is 2.31. The smallest absolute Gasteiger partial charge is 0.191 e. The van der Waals surface area contributed by atoms with Crippen LogP contribution in [0.2, 0.25) is 0 Å². The van der Waals surface area contributed by atoms with Gasteiger partial charge in [-0.25, -0.2) is 4.39 Å². The molecular formula is C19H30FN3OS. The number of ether oxygens (including phenoxy) is 1. The molecule has 1 saturated heterocycles. The van der Waals surface area contributed by atoms with Gasteiger partial charge in [0.25, 0.3) is 0 Å². The molecular weight excluding hydrogens is 337 g/mol. The Labute approximate surface area is 155 Å². The van der Waals surface area contributed by atoms with E-state index in [0.29, 0.717) is 0 Å². The summed E-state index contributed by atoms with van der Waals surface area (Å²) in [5, 5.41) is 6.71. The van der Waals surface area contributed by atoms with Crippen LogP contribution in [0, 0.1) is 12.7 Å². The highest BCUT2D eigenvalue weighted by atomic mass is 32.2. The van der Waals surface area contributed by atoms with Crippen LogP contribution in [0.3, 0.4) is 0 Å². The quantitative estimate of drug-likeness (QED) is 0.574. The first-order valence-electron chi connectivity index (χ1n) is 8.99. The third-order valence-corrected chi connectivity index (χ3v) is 6.10. The van der Waals surface area contributed by atoms with E-state index >= 15 is 0 Å². The molecule has 0 atom stereocenters. The van der Waals surface area contributed by atoms with Gasteiger partial charge >= 0.3 is 0 Å². The summed E-state index contributed by atoms with van der Waals surface area (Å²) < 4.78 is 18.9. The van der Waals surface area contributed by atoms with Gasteiger partial charge in [0.05, 0.1) is 6.54 Å². The molecule has 6 heteroatoms. The van der Waals surface area contributed by atoms with Crippen LogP contribution in [0.15, 0.2) is 23.2 Å². The van der Waals surface area contributed by atoms with Gasteiger partial charge in [0.2, 0.25) is 0 Å². The van der Waals surface area contributed by atoms with Crippen LogP contribution < -0.4 is 10.6 Å². The standard InChI is InChI=1S/C19H30FN3OS/c1-4-21-18(23-14-19(25-3)8-11-24-12-9-19)22-10-7-16-5-6-17(20)13-15(16)2/h5-6,13H,4,7-12,14H2,1-3H3,(H2,21,22,23). The zero-order valence-electron chi connectivity index (χ0n) is 15.5. The van der Waals surface area contributed by atoms with Crippen LogP contribution in [0.25, 0.3) is 0 Å². The summed E-state index contributed by atoms with van der Waals surface area (Å²) >= 11 is 1.90. The third-order valence-electron chi connectivity index (χ3n) is 4.70. The van der Waals surface area contributed by atoms with Crippen molar-refractivity contribution in [3.05, 3.63) is 35.1 Å². The van der Waals surface area contributed by atoms with Crippen molar-refractivity contribution in [1.29, 1.82) is 0 Å². The first kappa shape index (κ1) is 20.0. The number of guanidine groups is 1. The number of aliphatic imine (C=N–C) groups is 1. The Kier molecular flexibility index (Phi) is 8.03. The Morgan fingerprint density at radius 3 is 2.72 bits per heavy atom. The van der Waals surface area contributed by atoms with Gasteiger partial charge in [-0.15, -0.1) is 0 Å². The molecule has 140 valence electrons. The largest absolute Gasteiger partial charge is 0.381 e. The minimum absolute atomic E-state index is 0.178. The zero-order chi connectivity index (χ0) is 18.1. The van der Waals surface area contributed by atoms with Gasteiger partial charge < -0.3 is 15.4 Å². The predicted octanol–water partition coefficient (Wildman–Crippen LogP) is 3.14. The Bertz CT molecular complexity index is 574. The number of hydrogen-bond acceptors (Lipinski definition) is 3. The topological polar surface area (TPSA) is 45.7 Å². The molecule has 1 fully saturated rings. The number of nitrogens with one attached hydrogen (secondary N) is 2. The second-order valence-corrected chi connectivity index (χ2v) is 7.72. The predicted molar refractivity (Wildman–Crippen MR) is 105 cm³/mol. The molecule has 0 aromatic heterocycles. The lowest BCUT2D eigenvalue weighted by molar-refractivity contribution is 0.0794. The molecule has 2 rings (SSSR count). The molecule has 1 aromatic rings. The van der Waals surface area contributed by atoms with Crippen LogP contribution in [-0.4, -0.2) is 49.8 Å². The molecule has 2 N–H and O–H groups in total. The van der Waals surface area contributed by atoms with Crippen molar-refractivity contribution in [3.63, 3.8) is 0 Å². The second kappa shape index (κ2) is 10.0. The summed E-state index contributed by atoms with van der Waals surface area (Å²) in [6, 6.07) is 4.97. The number of thioether (sulfide) groups is 1. The molecule has 1 aliphatic heterocycles. The van der Waals surface area contributed by atoms with Gasteiger partial charge in [-0.05, 0) is 62.6 Å². The average Bonchev–Trinajstić information content (AvgIpc) is 2.62. The third kappa shape index (κ3) is 6.19. The summed E-state index contributed by atoms with van der Waals surface area (Å²) in [6.07, 6.45) is 5.11. The van der Waals surface area contributed by atoms with Crippen LogP contribution >= 0.6 is 11.8 Å². The lowest BCUT2D eigenvalue weighted by Crippen LogP contribution is -2.41. The first-order chi connectivity index (χ1) is 12.1. The van der Waals surface area contributed by atoms with E-state index in [1.807, 2.05) is 24.8 Å². The normalized spacial score (nSPS) is 17.4. The fourth-order valence-electron chi connectivity index (χ4n) is 2.99. The minimum Gasteiger partial charge on any atom is -0.381 e. The molecule has 1 heterocycles. The summed E-state index contributed by atoms with van der Waals surface area (Å²) in [5.41, 5.74) is 2.15. The van der Waals surface area contributed by atoms with E-state index in [2.05, 4.69) is 23.8 Å². The van der Waals surface area contributed by atoms with Crippen molar-refractivity contribution in [1.82, 2.24) is 10.6 Å². The molecule has 1 aromatic carbocycles. The van der Waals surface area contributed by atoms with Crippen molar-refractivity contribution >= 4 is 17.7 Å². The van der Waals surface area contributed by atoms with Gasteiger partial charge in [0.15, 0.2) is 5.96 Å². The molecule has 1 aliphatic rings. The molecule has 4 nitrogen and oxygen atoms in total. The van der Waals surface area contributed by atoms with E-state index in [1.54, 1.807) is 6.07 Å². The fraction of sp³-hybridized carbons (Fsp3) is 0.632. The van der Waals surface area contributed by atoms with E-state index < -0.39 is 0 Å². The Balaban J connectivity index is 1.90. The lowest BCUT2D eigenvalue weighted by atomic mass is 9.99. The van der Waals surface area contributed by atoms with Gasteiger partial charge in [-0.2, -0.15) is 11.8 Å². The zero-order valence-corrected chi connectivity index (χ0v) is 16.3. The summed E-state index contributed by atoms with van der Waals surface area (Å²) in [5.74, 6) is 0.671. The van der Waals surface area contributed by atoms with Crippen molar-refractivity contribution in [3.8, 4) is 0 Å². The van der Waals surface area contributed by atoms with E-state index in [9.17, 15) is 4.39 Å². The fourth-order valence-corrected chi connectivity index (χ4v) is 3.76. The van der Waals surface area contributed by atoms with E-state index in [-0.39, 0.29) is 10.6 Å². The molecule has 0 bridgehead atoms. The van der Waals surface area contributed by atoms with Crippen LogP contribution in [0.5, 0.6) is 0 Å². The maximum absolute atomic E-state index is 13.2. The molecule has 0 unspecified atom stereocenters. The highest BCUT2D eigenvalue weighted by Crippen LogP contribution is 2.33. The molecule has 0 aliphatic carbocycles.